The van der Waals surface area contributed by atoms with Gasteiger partial charge in [-0.05, 0) is 19.8 Å². The number of nitrogens with zero attached hydrogens (tertiary/aromatic N) is 4. The highest BCUT2D eigenvalue weighted by molar-refractivity contribution is 7.09. The third-order valence-electron chi connectivity index (χ3n) is 4.96. The molecule has 128 valence electrons. The van der Waals surface area contributed by atoms with E-state index in [0.29, 0.717) is 12.6 Å². The molecule has 24 heavy (non-hydrogen) atoms. The Morgan fingerprint density at radius 2 is 2.25 bits per heavy atom. The molecular formula is C17H23N5OS. The molecule has 7 heteroatoms. The van der Waals surface area contributed by atoms with Gasteiger partial charge in [0.05, 0.1) is 22.7 Å². The molecule has 1 saturated carbocycles. The number of aryl methyl sites for hydroxylation is 1. The minimum absolute atomic E-state index is 0.125. The van der Waals surface area contributed by atoms with E-state index in [1.165, 1.54) is 12.8 Å². The Bertz CT molecular complexity index is 718. The van der Waals surface area contributed by atoms with Gasteiger partial charge in [0.25, 0.3) is 0 Å². The topological polar surface area (TPSA) is 63.1 Å². The van der Waals surface area contributed by atoms with E-state index in [1.807, 2.05) is 17.7 Å². The van der Waals surface area contributed by atoms with Gasteiger partial charge < -0.3 is 9.88 Å². The number of nitrogens with one attached hydrogen (secondary N) is 1. The zero-order valence-electron chi connectivity index (χ0n) is 13.9. The number of hydrogen-bond donors (Lipinski definition) is 1. The Hall–Kier alpha value is -1.73. The summed E-state index contributed by atoms with van der Waals surface area (Å²) in [5.41, 5.74) is 2.18. The number of carbonyl (C=O) groups is 1. The Morgan fingerprint density at radius 1 is 1.42 bits per heavy atom. The second-order valence-electron chi connectivity index (χ2n) is 6.83. The Morgan fingerprint density at radius 3 is 3.00 bits per heavy atom. The van der Waals surface area contributed by atoms with Crippen LogP contribution in [0.2, 0.25) is 0 Å². The van der Waals surface area contributed by atoms with Crippen LogP contribution in [-0.4, -0.2) is 37.9 Å². The molecule has 6 nitrogen and oxygen atoms in total. The van der Waals surface area contributed by atoms with Crippen molar-refractivity contribution in [3.8, 4) is 0 Å². The van der Waals surface area contributed by atoms with Crippen LogP contribution < -0.4 is 5.32 Å². The first-order valence-corrected chi connectivity index (χ1v) is 9.51. The fourth-order valence-electron chi connectivity index (χ4n) is 3.77. The number of amides is 1. The molecule has 0 unspecified atom stereocenters. The number of hydrogen-bond acceptors (Lipinski definition) is 5. The van der Waals surface area contributed by atoms with E-state index in [-0.39, 0.29) is 11.9 Å². The van der Waals surface area contributed by atoms with Gasteiger partial charge in [0.15, 0.2) is 0 Å². The highest BCUT2D eigenvalue weighted by Crippen LogP contribution is 2.24. The zero-order chi connectivity index (χ0) is 16.5. The van der Waals surface area contributed by atoms with E-state index in [1.54, 1.807) is 17.7 Å². The number of thiazole rings is 1. The van der Waals surface area contributed by atoms with Crippen molar-refractivity contribution in [3.05, 3.63) is 34.3 Å². The van der Waals surface area contributed by atoms with E-state index in [4.69, 9.17) is 0 Å². The first-order valence-electron chi connectivity index (χ1n) is 8.63. The van der Waals surface area contributed by atoms with Crippen molar-refractivity contribution in [2.24, 2.45) is 0 Å². The van der Waals surface area contributed by atoms with Crippen LogP contribution >= 0.6 is 11.3 Å². The SMILES string of the molecule is Cc1nc(CN2Cc3cncn3[C@@H](C(=O)NC3CCCC3)C2)cs1. The van der Waals surface area contributed by atoms with E-state index < -0.39 is 0 Å². The lowest BCUT2D eigenvalue weighted by molar-refractivity contribution is -0.126. The number of carbonyl (C=O) groups excluding carboxylic acids is 1. The standard InChI is InChI=1S/C17H23N5OS/c1-12-19-14(10-24-12)7-21-8-15-6-18-11-22(15)16(9-21)17(23)20-13-4-2-3-5-13/h6,10-11,13,16H,2-5,7-9H2,1H3,(H,20,23)/t16-/m1/s1. The first kappa shape index (κ1) is 15.8. The average Bonchev–Trinajstić information content (AvgIpc) is 3.28. The first-order chi connectivity index (χ1) is 11.7. The predicted octanol–water partition coefficient (Wildman–Crippen LogP) is 2.26. The Kier molecular flexibility index (Phi) is 4.37. The van der Waals surface area contributed by atoms with Crippen LogP contribution in [0.3, 0.4) is 0 Å². The summed E-state index contributed by atoms with van der Waals surface area (Å²) in [5.74, 6) is 0.125. The minimum atomic E-state index is -0.198. The van der Waals surface area contributed by atoms with Gasteiger partial charge in [0, 0.05) is 37.3 Å². The highest BCUT2D eigenvalue weighted by Gasteiger charge is 2.31. The molecule has 4 rings (SSSR count). The molecule has 1 fully saturated rings. The molecule has 1 aliphatic carbocycles. The van der Waals surface area contributed by atoms with Gasteiger partial charge in [0.2, 0.25) is 5.91 Å². The smallest absolute Gasteiger partial charge is 0.244 e. The molecule has 0 saturated heterocycles. The number of rotatable bonds is 4. The molecule has 2 aliphatic rings. The van der Waals surface area contributed by atoms with Crippen LogP contribution in [0.4, 0.5) is 0 Å². The van der Waals surface area contributed by atoms with Crippen molar-refractivity contribution in [2.45, 2.75) is 57.8 Å². The molecule has 1 N–H and O–H groups in total. The third-order valence-corrected chi connectivity index (χ3v) is 5.78. The van der Waals surface area contributed by atoms with Crippen LogP contribution in [0.15, 0.2) is 17.9 Å². The van der Waals surface area contributed by atoms with E-state index >= 15 is 0 Å². The maximum absolute atomic E-state index is 12.8. The van der Waals surface area contributed by atoms with Gasteiger partial charge in [-0.25, -0.2) is 9.97 Å². The predicted molar refractivity (Wildman–Crippen MR) is 92.6 cm³/mol. The summed E-state index contributed by atoms with van der Waals surface area (Å²) in [7, 11) is 0. The molecule has 2 aromatic rings. The van der Waals surface area contributed by atoms with Gasteiger partial charge in [-0.15, -0.1) is 11.3 Å². The van der Waals surface area contributed by atoms with Crippen molar-refractivity contribution in [1.29, 1.82) is 0 Å². The summed E-state index contributed by atoms with van der Waals surface area (Å²) in [6.45, 7) is 4.32. The van der Waals surface area contributed by atoms with Crippen molar-refractivity contribution >= 4 is 17.2 Å². The number of aromatic nitrogens is 3. The fourth-order valence-corrected chi connectivity index (χ4v) is 4.37. The quantitative estimate of drug-likeness (QED) is 0.923. The second-order valence-corrected chi connectivity index (χ2v) is 7.89. The second kappa shape index (κ2) is 6.64. The summed E-state index contributed by atoms with van der Waals surface area (Å²) >= 11 is 1.67. The Balaban J connectivity index is 1.49. The molecule has 0 bridgehead atoms. The molecule has 1 aliphatic heterocycles. The van der Waals surface area contributed by atoms with Crippen molar-refractivity contribution in [2.75, 3.05) is 6.54 Å². The van der Waals surface area contributed by atoms with E-state index in [9.17, 15) is 4.79 Å². The van der Waals surface area contributed by atoms with Crippen LogP contribution in [0.1, 0.15) is 48.1 Å². The molecule has 0 radical (unpaired) electrons. The minimum Gasteiger partial charge on any atom is -0.352 e. The van der Waals surface area contributed by atoms with Crippen molar-refractivity contribution in [3.63, 3.8) is 0 Å². The lowest BCUT2D eigenvalue weighted by Gasteiger charge is -2.33. The maximum Gasteiger partial charge on any atom is 0.244 e. The summed E-state index contributed by atoms with van der Waals surface area (Å²) in [5, 5.41) is 6.43. The summed E-state index contributed by atoms with van der Waals surface area (Å²) in [4.78, 5) is 23.9. The van der Waals surface area contributed by atoms with E-state index in [2.05, 4.69) is 25.6 Å². The van der Waals surface area contributed by atoms with Crippen molar-refractivity contribution < 1.29 is 4.79 Å². The molecule has 0 aromatic carbocycles. The molecule has 2 aromatic heterocycles. The average molecular weight is 345 g/mol. The lowest BCUT2D eigenvalue weighted by atomic mass is 10.1. The molecule has 1 atom stereocenters. The highest BCUT2D eigenvalue weighted by atomic mass is 32.1. The van der Waals surface area contributed by atoms with Gasteiger partial charge in [-0.2, -0.15) is 0 Å². The lowest BCUT2D eigenvalue weighted by Crippen LogP contribution is -2.46. The van der Waals surface area contributed by atoms with Crippen LogP contribution in [0, 0.1) is 6.92 Å². The van der Waals surface area contributed by atoms with E-state index in [0.717, 1.165) is 42.3 Å². The number of imidazole rings is 1. The monoisotopic (exact) mass is 345 g/mol. The fraction of sp³-hybridized carbons (Fsp3) is 0.588. The third kappa shape index (κ3) is 3.23. The molecule has 1 amide bonds. The summed E-state index contributed by atoms with van der Waals surface area (Å²) in [6.07, 6.45) is 8.32. The van der Waals surface area contributed by atoms with Crippen LogP contribution in [-0.2, 0) is 17.9 Å². The summed E-state index contributed by atoms with van der Waals surface area (Å²) < 4.78 is 2.03. The number of fused-ring (bicyclic) bond motifs is 1. The molecule has 3 heterocycles. The van der Waals surface area contributed by atoms with Gasteiger partial charge >= 0.3 is 0 Å². The normalized spacial score (nSPS) is 21.8. The maximum atomic E-state index is 12.8. The van der Waals surface area contributed by atoms with Crippen LogP contribution in [0.5, 0.6) is 0 Å². The Labute approximate surface area is 145 Å². The van der Waals surface area contributed by atoms with Gasteiger partial charge in [-0.1, -0.05) is 12.8 Å². The van der Waals surface area contributed by atoms with Crippen LogP contribution in [0.25, 0.3) is 0 Å². The largest absolute Gasteiger partial charge is 0.352 e. The van der Waals surface area contributed by atoms with Crippen molar-refractivity contribution in [1.82, 2.24) is 24.8 Å². The molecular weight excluding hydrogens is 322 g/mol. The zero-order valence-corrected chi connectivity index (χ0v) is 14.8. The van der Waals surface area contributed by atoms with Gasteiger partial charge in [-0.3, -0.25) is 9.69 Å². The van der Waals surface area contributed by atoms with Gasteiger partial charge in [0.1, 0.15) is 6.04 Å². The molecule has 0 spiro atoms. The summed E-state index contributed by atoms with van der Waals surface area (Å²) in [6, 6.07) is 0.151.